The zero-order chi connectivity index (χ0) is 19.8. The minimum atomic E-state index is -1.02. The molecule has 0 radical (unpaired) electrons. The Kier molecular flexibility index (Phi) is 7.33. The summed E-state index contributed by atoms with van der Waals surface area (Å²) in [5.74, 6) is 0.550. The fourth-order valence-electron chi connectivity index (χ4n) is 3.30. The van der Waals surface area contributed by atoms with Crippen LogP contribution in [0.3, 0.4) is 0 Å². The van der Waals surface area contributed by atoms with Crippen LogP contribution in [0.4, 0.5) is 0 Å². The minimum absolute atomic E-state index is 0.0102. The maximum Gasteiger partial charge on any atom is 0.274 e. The third-order valence-corrected chi connectivity index (χ3v) is 4.96. The van der Waals surface area contributed by atoms with Gasteiger partial charge in [-0.1, -0.05) is 24.6 Å². The number of hydrogen-bond acceptors (Lipinski definition) is 6. The second kappa shape index (κ2) is 10.1. The van der Waals surface area contributed by atoms with Crippen molar-refractivity contribution in [3.63, 3.8) is 0 Å². The maximum atomic E-state index is 12.7. The number of fused-ring (bicyclic) bond motifs is 1. The zero-order valence-corrected chi connectivity index (χ0v) is 15.9. The number of rotatable bonds is 1. The molecule has 0 unspecified atom stereocenters. The highest BCUT2D eigenvalue weighted by Gasteiger charge is 2.22. The van der Waals surface area contributed by atoms with E-state index in [0.717, 1.165) is 37.0 Å². The second-order valence-corrected chi connectivity index (χ2v) is 7.04. The van der Waals surface area contributed by atoms with Crippen LogP contribution >= 0.6 is 0 Å². The molecule has 2 N–H and O–H groups in total. The number of hydrogen-bond donors (Lipinski definition) is 2. The van der Waals surface area contributed by atoms with Gasteiger partial charge in [0, 0.05) is 25.5 Å². The largest absolute Gasteiger partial charge is 0.491 e. The summed E-state index contributed by atoms with van der Waals surface area (Å²) in [5.41, 5.74) is 1.38. The van der Waals surface area contributed by atoms with Crippen LogP contribution in [-0.2, 0) is 6.42 Å². The van der Waals surface area contributed by atoms with E-state index in [1.165, 1.54) is 18.6 Å². The lowest BCUT2D eigenvalue weighted by Crippen LogP contribution is -2.39. The number of para-hydroxylation sites is 1. The van der Waals surface area contributed by atoms with Crippen molar-refractivity contribution >= 4 is 5.91 Å². The lowest BCUT2D eigenvalue weighted by molar-refractivity contribution is -0.0153. The standard InChI is InChI=1S/C21H27N3O4/c25-18-9-13-24(21(27)17-14-22-10-11-23-17)12-5-1-2-6-16-7-3-4-8-20(16)28-15-19(18)26/h3-4,7-8,10-11,14,18-19,25-26H,1-2,5-6,9,12-13,15H2/t18-,19+/m0/s1. The number of amides is 1. The van der Waals surface area contributed by atoms with Crippen molar-refractivity contribution in [1.29, 1.82) is 0 Å². The Bertz CT molecular complexity index is 756. The van der Waals surface area contributed by atoms with E-state index in [2.05, 4.69) is 9.97 Å². The highest BCUT2D eigenvalue weighted by atomic mass is 16.5. The lowest BCUT2D eigenvalue weighted by Gasteiger charge is -2.26. The van der Waals surface area contributed by atoms with Gasteiger partial charge in [0.25, 0.3) is 5.91 Å². The van der Waals surface area contributed by atoms with Crippen molar-refractivity contribution in [2.45, 2.75) is 44.3 Å². The van der Waals surface area contributed by atoms with E-state index in [-0.39, 0.29) is 24.6 Å². The molecule has 28 heavy (non-hydrogen) atoms. The SMILES string of the molecule is O=C(c1cnccn1)N1CCCCCc2ccccc2OC[C@@H](O)[C@@H](O)CC1. The molecule has 2 heterocycles. The van der Waals surface area contributed by atoms with Gasteiger partial charge in [0.15, 0.2) is 0 Å². The Hall–Kier alpha value is -2.51. The molecular weight excluding hydrogens is 358 g/mol. The molecule has 0 fully saturated rings. The molecule has 1 amide bonds. The normalized spacial score (nSPS) is 21.9. The van der Waals surface area contributed by atoms with Gasteiger partial charge in [-0.3, -0.25) is 9.78 Å². The van der Waals surface area contributed by atoms with Crippen LogP contribution < -0.4 is 4.74 Å². The number of ether oxygens (including phenoxy) is 1. The molecule has 0 spiro atoms. The van der Waals surface area contributed by atoms with E-state index >= 15 is 0 Å². The summed E-state index contributed by atoms with van der Waals surface area (Å²) in [7, 11) is 0. The van der Waals surface area contributed by atoms with E-state index in [0.29, 0.717) is 13.1 Å². The fraction of sp³-hybridized carbons (Fsp3) is 0.476. The van der Waals surface area contributed by atoms with E-state index in [1.54, 1.807) is 4.90 Å². The molecule has 1 aliphatic rings. The summed E-state index contributed by atoms with van der Waals surface area (Å²) in [6, 6.07) is 7.79. The first-order valence-electron chi connectivity index (χ1n) is 9.77. The van der Waals surface area contributed by atoms with Crippen molar-refractivity contribution in [1.82, 2.24) is 14.9 Å². The van der Waals surface area contributed by atoms with Crippen LogP contribution in [0, 0.1) is 0 Å². The maximum absolute atomic E-state index is 12.7. The molecule has 0 aliphatic carbocycles. The molecule has 0 bridgehead atoms. The summed E-state index contributed by atoms with van der Waals surface area (Å²) < 4.78 is 5.75. The van der Waals surface area contributed by atoms with Gasteiger partial charge in [0.05, 0.1) is 12.3 Å². The molecule has 2 aromatic rings. The fourth-order valence-corrected chi connectivity index (χ4v) is 3.30. The number of aliphatic hydroxyl groups excluding tert-OH is 2. The molecule has 0 saturated carbocycles. The van der Waals surface area contributed by atoms with Crippen molar-refractivity contribution in [2.75, 3.05) is 19.7 Å². The molecule has 2 atom stereocenters. The van der Waals surface area contributed by atoms with Gasteiger partial charge in [-0.2, -0.15) is 0 Å². The van der Waals surface area contributed by atoms with Gasteiger partial charge < -0.3 is 19.8 Å². The van der Waals surface area contributed by atoms with Crippen LogP contribution in [0.2, 0.25) is 0 Å². The molecule has 7 heteroatoms. The van der Waals surface area contributed by atoms with Crippen LogP contribution in [0.15, 0.2) is 42.9 Å². The zero-order valence-electron chi connectivity index (χ0n) is 15.9. The summed E-state index contributed by atoms with van der Waals surface area (Å²) in [5, 5.41) is 20.6. The molecule has 7 nitrogen and oxygen atoms in total. The van der Waals surface area contributed by atoms with Crippen LogP contribution in [-0.4, -0.2) is 62.9 Å². The third-order valence-electron chi connectivity index (χ3n) is 4.96. The van der Waals surface area contributed by atoms with Crippen LogP contribution in [0.5, 0.6) is 5.75 Å². The number of aryl methyl sites for hydroxylation is 1. The minimum Gasteiger partial charge on any atom is -0.491 e. The summed E-state index contributed by atoms with van der Waals surface area (Å²) in [4.78, 5) is 22.5. The number of carbonyl (C=O) groups excluding carboxylic acids is 1. The van der Waals surface area contributed by atoms with Crippen LogP contribution in [0.1, 0.15) is 41.7 Å². The Labute approximate surface area is 165 Å². The molecule has 1 aromatic heterocycles. The average molecular weight is 385 g/mol. The monoisotopic (exact) mass is 385 g/mol. The van der Waals surface area contributed by atoms with E-state index in [4.69, 9.17) is 4.74 Å². The van der Waals surface area contributed by atoms with E-state index in [9.17, 15) is 15.0 Å². The first-order chi connectivity index (χ1) is 13.6. The number of aromatic nitrogens is 2. The molecule has 1 aliphatic heterocycles. The van der Waals surface area contributed by atoms with Gasteiger partial charge in [-0.15, -0.1) is 0 Å². The van der Waals surface area contributed by atoms with Crippen molar-refractivity contribution < 1.29 is 19.7 Å². The molecule has 150 valence electrons. The predicted molar refractivity (Wildman–Crippen MR) is 104 cm³/mol. The summed E-state index contributed by atoms with van der Waals surface area (Å²) in [6.45, 7) is 0.927. The lowest BCUT2D eigenvalue weighted by atomic mass is 10.0. The Morgan fingerprint density at radius 2 is 1.93 bits per heavy atom. The third kappa shape index (κ3) is 5.50. The highest BCUT2D eigenvalue weighted by Crippen LogP contribution is 2.21. The van der Waals surface area contributed by atoms with Gasteiger partial charge >= 0.3 is 0 Å². The van der Waals surface area contributed by atoms with Crippen molar-refractivity contribution in [3.05, 3.63) is 54.1 Å². The summed E-state index contributed by atoms with van der Waals surface area (Å²) >= 11 is 0. The van der Waals surface area contributed by atoms with Crippen molar-refractivity contribution in [2.24, 2.45) is 0 Å². The highest BCUT2D eigenvalue weighted by molar-refractivity contribution is 5.91. The quantitative estimate of drug-likeness (QED) is 0.778. The first kappa shape index (κ1) is 20.2. The van der Waals surface area contributed by atoms with Gasteiger partial charge in [0.1, 0.15) is 24.2 Å². The van der Waals surface area contributed by atoms with Gasteiger partial charge in [0.2, 0.25) is 0 Å². The molecule has 1 aromatic carbocycles. The van der Waals surface area contributed by atoms with E-state index in [1.807, 2.05) is 24.3 Å². The van der Waals surface area contributed by atoms with Gasteiger partial charge in [-0.25, -0.2) is 4.98 Å². The summed E-state index contributed by atoms with van der Waals surface area (Å²) in [6.07, 6.45) is 6.41. The number of aliphatic hydroxyl groups is 2. The van der Waals surface area contributed by atoms with Crippen LogP contribution in [0.25, 0.3) is 0 Å². The average Bonchev–Trinajstić information content (AvgIpc) is 2.74. The first-order valence-corrected chi connectivity index (χ1v) is 9.77. The number of carbonyl (C=O) groups is 1. The Morgan fingerprint density at radius 1 is 1.07 bits per heavy atom. The number of benzene rings is 1. The Balaban J connectivity index is 1.70. The van der Waals surface area contributed by atoms with E-state index < -0.39 is 12.2 Å². The molecular formula is C21H27N3O4. The van der Waals surface area contributed by atoms with Crippen molar-refractivity contribution in [3.8, 4) is 5.75 Å². The smallest absolute Gasteiger partial charge is 0.274 e. The molecule has 0 saturated heterocycles. The topological polar surface area (TPSA) is 95.8 Å². The Morgan fingerprint density at radius 3 is 2.75 bits per heavy atom. The number of nitrogens with zero attached hydrogens (tertiary/aromatic N) is 3. The molecule has 3 rings (SSSR count). The second-order valence-electron chi connectivity index (χ2n) is 7.04. The predicted octanol–water partition coefficient (Wildman–Crippen LogP) is 1.84. The van der Waals surface area contributed by atoms with Gasteiger partial charge in [-0.05, 0) is 37.3 Å².